The molecule has 0 saturated carbocycles. The van der Waals surface area contributed by atoms with Gasteiger partial charge in [-0.1, -0.05) is 42.5 Å². The average Bonchev–Trinajstić information content (AvgIpc) is 2.75. The fraction of sp³-hybridized carbons (Fsp3) is 0.304. The number of rotatable bonds is 10. The number of anilines is 1. The van der Waals surface area contributed by atoms with Crippen molar-refractivity contribution in [3.05, 3.63) is 60.2 Å². The fourth-order valence-corrected chi connectivity index (χ4v) is 2.65. The third kappa shape index (κ3) is 7.16. The van der Waals surface area contributed by atoms with Crippen LogP contribution in [0.5, 0.6) is 5.75 Å². The quantitative estimate of drug-likeness (QED) is 0.372. The van der Waals surface area contributed by atoms with E-state index in [9.17, 15) is 9.59 Å². The maximum atomic E-state index is 12.3. The summed E-state index contributed by atoms with van der Waals surface area (Å²) < 4.78 is 5.74. The molecule has 0 spiro atoms. The van der Waals surface area contributed by atoms with Gasteiger partial charge in [0.2, 0.25) is 0 Å². The Balaban J connectivity index is 1.93. The van der Waals surface area contributed by atoms with Gasteiger partial charge in [-0.25, -0.2) is 0 Å². The first kappa shape index (κ1) is 22.8. The van der Waals surface area contributed by atoms with Crippen molar-refractivity contribution < 1.29 is 14.3 Å². The van der Waals surface area contributed by atoms with E-state index in [1.54, 1.807) is 6.92 Å². The number of carbonyl (C=O) groups excluding carboxylic acids is 2. The van der Waals surface area contributed by atoms with Crippen molar-refractivity contribution in [2.24, 2.45) is 10.2 Å². The van der Waals surface area contributed by atoms with Crippen LogP contribution in [0.3, 0.4) is 0 Å². The van der Waals surface area contributed by atoms with Gasteiger partial charge in [0.25, 0.3) is 5.91 Å². The Labute approximate surface area is 177 Å². The molecule has 2 rings (SSSR count). The number of nitrogens with one attached hydrogen (secondary N) is 1. The zero-order valence-corrected chi connectivity index (χ0v) is 17.8. The van der Waals surface area contributed by atoms with Gasteiger partial charge in [-0.2, -0.15) is 10.2 Å². The van der Waals surface area contributed by atoms with Crippen LogP contribution in [-0.4, -0.2) is 50.4 Å². The smallest absolute Gasteiger partial charge is 0.267 e. The fourth-order valence-electron chi connectivity index (χ4n) is 2.65. The third-order valence-electron chi connectivity index (χ3n) is 4.25. The van der Waals surface area contributed by atoms with Crippen LogP contribution in [0.1, 0.15) is 19.4 Å². The molecule has 0 heterocycles. The lowest BCUT2D eigenvalue weighted by Gasteiger charge is -2.19. The largest absolute Gasteiger partial charge is 0.489 e. The van der Waals surface area contributed by atoms with Gasteiger partial charge in [-0.15, -0.1) is 0 Å². The van der Waals surface area contributed by atoms with Crippen molar-refractivity contribution in [1.82, 2.24) is 5.32 Å². The molecule has 0 radical (unpaired) electrons. The molecule has 2 aromatic carbocycles. The van der Waals surface area contributed by atoms with Crippen LogP contribution in [-0.2, 0) is 16.0 Å². The van der Waals surface area contributed by atoms with Crippen LogP contribution in [0.15, 0.2) is 64.8 Å². The van der Waals surface area contributed by atoms with Gasteiger partial charge in [0.05, 0.1) is 5.69 Å². The second-order valence-electron chi connectivity index (χ2n) is 7.07. The maximum absolute atomic E-state index is 12.3. The van der Waals surface area contributed by atoms with Crippen LogP contribution >= 0.6 is 0 Å². The molecule has 0 aliphatic heterocycles. The molecule has 1 atom stereocenters. The third-order valence-corrected chi connectivity index (χ3v) is 4.25. The number of amides is 1. The topological polar surface area (TPSA) is 83.4 Å². The number of para-hydroxylation sites is 2. The SMILES string of the molecule is C/C(Cc1ccccc1)=N\N=C(/C)C(=O)N[C@H](C=O)COc1ccccc1N(C)C. The summed E-state index contributed by atoms with van der Waals surface area (Å²) in [5.74, 6) is 0.169. The average molecular weight is 409 g/mol. The molecule has 0 aromatic heterocycles. The van der Waals surface area contributed by atoms with E-state index in [1.807, 2.05) is 80.5 Å². The second kappa shape index (κ2) is 11.5. The first-order chi connectivity index (χ1) is 14.4. The maximum Gasteiger partial charge on any atom is 0.267 e. The van der Waals surface area contributed by atoms with Crippen molar-refractivity contribution in [2.75, 3.05) is 25.6 Å². The minimum absolute atomic E-state index is 0.0175. The lowest BCUT2D eigenvalue weighted by molar-refractivity contribution is -0.119. The van der Waals surface area contributed by atoms with Gasteiger partial charge < -0.3 is 19.7 Å². The molecule has 30 heavy (non-hydrogen) atoms. The number of hydrogen-bond donors (Lipinski definition) is 1. The van der Waals surface area contributed by atoms with E-state index >= 15 is 0 Å². The molecule has 7 heteroatoms. The number of nitrogens with zero attached hydrogens (tertiary/aromatic N) is 3. The Morgan fingerprint density at radius 3 is 2.40 bits per heavy atom. The molecule has 7 nitrogen and oxygen atoms in total. The summed E-state index contributed by atoms with van der Waals surface area (Å²) in [7, 11) is 3.81. The van der Waals surface area contributed by atoms with Gasteiger partial charge in [0, 0.05) is 26.2 Å². The Bertz CT molecular complexity index is 908. The van der Waals surface area contributed by atoms with Crippen molar-refractivity contribution in [3.8, 4) is 5.75 Å². The predicted molar refractivity (Wildman–Crippen MR) is 121 cm³/mol. The highest BCUT2D eigenvalue weighted by molar-refractivity contribution is 6.38. The van der Waals surface area contributed by atoms with Gasteiger partial charge >= 0.3 is 0 Å². The molecule has 2 aromatic rings. The van der Waals surface area contributed by atoms with E-state index in [0.29, 0.717) is 18.5 Å². The van der Waals surface area contributed by atoms with E-state index in [0.717, 1.165) is 17.0 Å². The van der Waals surface area contributed by atoms with E-state index < -0.39 is 11.9 Å². The summed E-state index contributed by atoms with van der Waals surface area (Å²) >= 11 is 0. The van der Waals surface area contributed by atoms with E-state index in [2.05, 4.69) is 15.5 Å². The summed E-state index contributed by atoms with van der Waals surface area (Å²) in [6.45, 7) is 3.42. The zero-order valence-electron chi connectivity index (χ0n) is 17.8. The molecular formula is C23H28N4O3. The van der Waals surface area contributed by atoms with E-state index in [4.69, 9.17) is 4.74 Å². The van der Waals surface area contributed by atoms with Crippen LogP contribution in [0.4, 0.5) is 5.69 Å². The van der Waals surface area contributed by atoms with Crippen molar-refractivity contribution in [1.29, 1.82) is 0 Å². The molecule has 0 bridgehead atoms. The standard InChI is InChI=1S/C23H28N4O3/c1-17(14-19-10-6-5-7-11-19)25-26-18(2)23(29)24-20(15-28)16-30-22-13-9-8-12-21(22)27(3)4/h5-13,15,20H,14,16H2,1-4H3,(H,24,29)/b25-17+,26-18+/t20-/m1/s1. The van der Waals surface area contributed by atoms with Crippen LogP contribution < -0.4 is 15.0 Å². The summed E-state index contributed by atoms with van der Waals surface area (Å²) in [4.78, 5) is 25.6. The van der Waals surface area contributed by atoms with E-state index in [-0.39, 0.29) is 12.3 Å². The Morgan fingerprint density at radius 2 is 1.73 bits per heavy atom. The van der Waals surface area contributed by atoms with Crippen molar-refractivity contribution >= 4 is 29.3 Å². The highest BCUT2D eigenvalue weighted by Crippen LogP contribution is 2.25. The molecule has 158 valence electrons. The molecule has 0 saturated heterocycles. The van der Waals surface area contributed by atoms with Gasteiger partial charge in [0.15, 0.2) is 0 Å². The van der Waals surface area contributed by atoms with Crippen LogP contribution in [0.25, 0.3) is 0 Å². The lowest BCUT2D eigenvalue weighted by atomic mass is 10.1. The van der Waals surface area contributed by atoms with Crippen LogP contribution in [0.2, 0.25) is 0 Å². The highest BCUT2D eigenvalue weighted by atomic mass is 16.5. The lowest BCUT2D eigenvalue weighted by Crippen LogP contribution is -2.43. The summed E-state index contributed by atoms with van der Waals surface area (Å²) in [6, 6.07) is 16.6. The Hall–Kier alpha value is -3.48. The van der Waals surface area contributed by atoms with Gasteiger partial charge in [-0.05, 0) is 31.5 Å². The Morgan fingerprint density at radius 1 is 1.07 bits per heavy atom. The molecule has 0 unspecified atom stereocenters. The normalized spacial score (nSPS) is 12.8. The Kier molecular flexibility index (Phi) is 8.75. The zero-order chi connectivity index (χ0) is 21.9. The predicted octanol–water partition coefficient (Wildman–Crippen LogP) is 2.89. The van der Waals surface area contributed by atoms with Crippen LogP contribution in [0, 0.1) is 0 Å². The van der Waals surface area contributed by atoms with Gasteiger partial charge in [-0.3, -0.25) is 4.79 Å². The number of ether oxygens (including phenoxy) is 1. The highest BCUT2D eigenvalue weighted by Gasteiger charge is 2.15. The summed E-state index contributed by atoms with van der Waals surface area (Å²) in [5, 5.41) is 10.7. The number of aldehydes is 1. The molecule has 0 aliphatic carbocycles. The second-order valence-corrected chi connectivity index (χ2v) is 7.07. The molecule has 0 fully saturated rings. The number of carbonyl (C=O) groups is 2. The van der Waals surface area contributed by atoms with Crippen molar-refractivity contribution in [3.63, 3.8) is 0 Å². The minimum atomic E-state index is -0.799. The first-order valence-corrected chi connectivity index (χ1v) is 9.67. The monoisotopic (exact) mass is 408 g/mol. The van der Waals surface area contributed by atoms with Crippen molar-refractivity contribution in [2.45, 2.75) is 26.3 Å². The summed E-state index contributed by atoms with van der Waals surface area (Å²) in [5.41, 5.74) is 2.95. The molecule has 0 aliphatic rings. The van der Waals surface area contributed by atoms with Gasteiger partial charge in [0.1, 0.15) is 30.4 Å². The number of benzene rings is 2. The minimum Gasteiger partial charge on any atom is -0.489 e. The molecule has 1 amide bonds. The first-order valence-electron chi connectivity index (χ1n) is 9.67. The summed E-state index contributed by atoms with van der Waals surface area (Å²) in [6.07, 6.45) is 1.29. The molecule has 1 N–H and O–H groups in total. The number of hydrogen-bond acceptors (Lipinski definition) is 6. The van der Waals surface area contributed by atoms with E-state index in [1.165, 1.54) is 0 Å². The molecular weight excluding hydrogens is 380 g/mol.